The first-order chi connectivity index (χ1) is 12.6. The van der Waals surface area contributed by atoms with E-state index >= 15 is 0 Å². The molecule has 1 fully saturated rings. The number of benzene rings is 1. The summed E-state index contributed by atoms with van der Waals surface area (Å²) in [6, 6.07) is 10.8. The maximum Gasteiger partial charge on any atom is 0.254 e. The van der Waals surface area contributed by atoms with Gasteiger partial charge in [0.2, 0.25) is 5.88 Å². The second kappa shape index (κ2) is 8.30. The van der Waals surface area contributed by atoms with E-state index in [2.05, 4.69) is 11.9 Å². The highest BCUT2D eigenvalue weighted by Gasteiger charge is 2.34. The molecule has 2 atom stereocenters. The van der Waals surface area contributed by atoms with E-state index in [0.29, 0.717) is 12.5 Å². The molecule has 0 bridgehead atoms. The third kappa shape index (κ3) is 4.21. The minimum atomic E-state index is -0.378. The number of halogens is 1. The second-order valence-corrected chi connectivity index (χ2v) is 6.87. The molecule has 138 valence electrons. The minimum absolute atomic E-state index is 0.0881. The maximum atomic E-state index is 13.0. The predicted molar refractivity (Wildman–Crippen MR) is 98.7 cm³/mol. The van der Waals surface area contributed by atoms with Crippen LogP contribution in [0.15, 0.2) is 42.6 Å². The first kappa shape index (κ1) is 18.4. The molecule has 0 N–H and O–H groups in total. The van der Waals surface area contributed by atoms with Crippen molar-refractivity contribution < 1.29 is 13.9 Å². The molecule has 2 heterocycles. The molecule has 1 amide bonds. The Morgan fingerprint density at radius 2 is 2.19 bits per heavy atom. The number of aromatic nitrogens is 1. The van der Waals surface area contributed by atoms with Crippen molar-refractivity contribution in [1.29, 1.82) is 0 Å². The summed E-state index contributed by atoms with van der Waals surface area (Å²) in [5, 5.41) is 0. The number of carbonyl (C=O) groups excluding carboxylic acids is 1. The van der Waals surface area contributed by atoms with Crippen LogP contribution in [0.4, 0.5) is 4.39 Å². The van der Waals surface area contributed by atoms with Crippen LogP contribution in [-0.2, 0) is 0 Å². The molecule has 1 aliphatic heterocycles. The van der Waals surface area contributed by atoms with Gasteiger partial charge in [-0.3, -0.25) is 4.79 Å². The van der Waals surface area contributed by atoms with Crippen LogP contribution in [0.3, 0.4) is 0 Å². The van der Waals surface area contributed by atoms with Crippen LogP contribution in [0.2, 0.25) is 0 Å². The van der Waals surface area contributed by atoms with E-state index in [4.69, 9.17) is 4.74 Å². The molecule has 5 heteroatoms. The van der Waals surface area contributed by atoms with E-state index in [-0.39, 0.29) is 23.7 Å². The Balaban J connectivity index is 1.69. The van der Waals surface area contributed by atoms with Crippen molar-refractivity contribution >= 4 is 5.91 Å². The Morgan fingerprint density at radius 3 is 2.88 bits per heavy atom. The largest absolute Gasteiger partial charge is 0.477 e. The van der Waals surface area contributed by atoms with Crippen molar-refractivity contribution in [1.82, 2.24) is 9.88 Å². The Labute approximate surface area is 154 Å². The molecule has 1 aliphatic rings. The topological polar surface area (TPSA) is 42.4 Å². The number of nitrogens with zero attached hydrogens (tertiary/aromatic N) is 2. The molecule has 0 saturated carbocycles. The van der Waals surface area contributed by atoms with Gasteiger partial charge in [-0.1, -0.05) is 24.6 Å². The summed E-state index contributed by atoms with van der Waals surface area (Å²) in [6.45, 7) is 5.36. The quantitative estimate of drug-likeness (QED) is 0.805. The van der Waals surface area contributed by atoms with E-state index in [0.717, 1.165) is 43.1 Å². The van der Waals surface area contributed by atoms with Gasteiger partial charge in [0.1, 0.15) is 5.82 Å². The normalized spacial score (nSPS) is 20.0. The van der Waals surface area contributed by atoms with Crippen molar-refractivity contribution in [2.45, 2.75) is 39.2 Å². The molecule has 0 spiro atoms. The van der Waals surface area contributed by atoms with Crippen LogP contribution in [-0.4, -0.2) is 35.0 Å². The number of hydrogen-bond donors (Lipinski definition) is 0. The van der Waals surface area contributed by atoms with Gasteiger partial charge in [-0.25, -0.2) is 9.37 Å². The average Bonchev–Trinajstić information content (AvgIpc) is 2.66. The Bertz CT molecular complexity index is 748. The smallest absolute Gasteiger partial charge is 0.254 e. The molecular weight excluding hydrogens is 331 g/mol. The Hall–Kier alpha value is -2.43. The third-order valence-corrected chi connectivity index (χ3v) is 5.01. The molecule has 4 nitrogen and oxygen atoms in total. The number of likely N-dealkylation sites (tertiary alicyclic amines) is 1. The molecule has 26 heavy (non-hydrogen) atoms. The molecule has 0 aliphatic carbocycles. The molecule has 1 aromatic heterocycles. The summed E-state index contributed by atoms with van der Waals surface area (Å²) in [4.78, 5) is 18.9. The van der Waals surface area contributed by atoms with Gasteiger partial charge in [0.15, 0.2) is 0 Å². The van der Waals surface area contributed by atoms with E-state index < -0.39 is 0 Å². The fourth-order valence-electron chi connectivity index (χ4n) is 3.72. The highest BCUT2D eigenvalue weighted by Crippen LogP contribution is 2.28. The number of carbonyl (C=O) groups is 1. The van der Waals surface area contributed by atoms with E-state index in [1.54, 1.807) is 0 Å². The van der Waals surface area contributed by atoms with Crippen LogP contribution in [0.25, 0.3) is 0 Å². The molecule has 1 unspecified atom stereocenters. The monoisotopic (exact) mass is 356 g/mol. The zero-order valence-corrected chi connectivity index (χ0v) is 15.3. The van der Waals surface area contributed by atoms with Gasteiger partial charge < -0.3 is 9.64 Å². The molecule has 3 rings (SSSR count). The SMILES string of the molecule is CCC1[C@@H](COc2ccc(F)cn2)CCCN1C(=O)c1cccc(C)c1. The van der Waals surface area contributed by atoms with Crippen molar-refractivity contribution in [3.8, 4) is 5.88 Å². The lowest BCUT2D eigenvalue weighted by molar-refractivity contribution is 0.0392. The summed E-state index contributed by atoms with van der Waals surface area (Å²) in [5.74, 6) is 0.374. The number of hydrogen-bond acceptors (Lipinski definition) is 3. The van der Waals surface area contributed by atoms with Crippen molar-refractivity contribution in [2.24, 2.45) is 5.92 Å². The molecular formula is C21H25FN2O2. The predicted octanol–water partition coefficient (Wildman–Crippen LogP) is 4.24. The van der Waals surface area contributed by atoms with Gasteiger partial charge in [0, 0.05) is 30.1 Å². The summed E-state index contributed by atoms with van der Waals surface area (Å²) in [7, 11) is 0. The number of rotatable bonds is 5. The minimum Gasteiger partial charge on any atom is -0.477 e. The lowest BCUT2D eigenvalue weighted by Crippen LogP contribution is -2.49. The summed E-state index contributed by atoms with van der Waals surface area (Å²) >= 11 is 0. The Kier molecular flexibility index (Phi) is 5.86. The van der Waals surface area contributed by atoms with Crippen LogP contribution in [0, 0.1) is 18.7 Å². The Morgan fingerprint density at radius 1 is 1.35 bits per heavy atom. The highest BCUT2D eigenvalue weighted by molar-refractivity contribution is 5.94. The first-order valence-corrected chi connectivity index (χ1v) is 9.20. The standard InChI is InChI=1S/C21H25FN2O2/c1-3-19-17(14-26-20-10-9-18(22)13-23-20)8-5-11-24(19)21(25)16-7-4-6-15(2)12-16/h4,6-7,9-10,12-13,17,19H,3,5,8,11,14H2,1-2H3/t17-,19?/m1/s1. The van der Waals surface area contributed by atoms with E-state index in [1.807, 2.05) is 36.1 Å². The number of aryl methyl sites for hydroxylation is 1. The number of amides is 1. The lowest BCUT2D eigenvalue weighted by Gasteiger charge is -2.41. The van der Waals surface area contributed by atoms with E-state index in [9.17, 15) is 9.18 Å². The van der Waals surface area contributed by atoms with Crippen LogP contribution < -0.4 is 4.74 Å². The summed E-state index contributed by atoms with van der Waals surface area (Å²) in [6.07, 6.45) is 4.00. The van der Waals surface area contributed by atoms with Crippen LogP contribution >= 0.6 is 0 Å². The van der Waals surface area contributed by atoms with Gasteiger partial charge >= 0.3 is 0 Å². The first-order valence-electron chi connectivity index (χ1n) is 9.20. The van der Waals surface area contributed by atoms with Crippen molar-refractivity contribution in [3.05, 3.63) is 59.5 Å². The van der Waals surface area contributed by atoms with Gasteiger partial charge in [-0.05, 0) is 44.4 Å². The lowest BCUT2D eigenvalue weighted by atomic mass is 9.87. The van der Waals surface area contributed by atoms with Gasteiger partial charge in [-0.2, -0.15) is 0 Å². The van der Waals surface area contributed by atoms with Gasteiger partial charge in [0.05, 0.1) is 12.8 Å². The highest BCUT2D eigenvalue weighted by atomic mass is 19.1. The summed E-state index contributed by atoms with van der Waals surface area (Å²) < 4.78 is 18.7. The zero-order chi connectivity index (χ0) is 18.5. The van der Waals surface area contributed by atoms with Gasteiger partial charge in [-0.15, -0.1) is 0 Å². The molecule has 0 radical (unpaired) electrons. The average molecular weight is 356 g/mol. The second-order valence-electron chi connectivity index (χ2n) is 6.87. The number of ether oxygens (including phenoxy) is 1. The molecule has 1 aromatic carbocycles. The van der Waals surface area contributed by atoms with Crippen LogP contribution in [0.1, 0.15) is 42.1 Å². The molecule has 2 aromatic rings. The third-order valence-electron chi connectivity index (χ3n) is 5.01. The van der Waals surface area contributed by atoms with Gasteiger partial charge in [0.25, 0.3) is 5.91 Å². The fourth-order valence-corrected chi connectivity index (χ4v) is 3.72. The fraction of sp³-hybridized carbons (Fsp3) is 0.429. The maximum absolute atomic E-state index is 13.0. The summed E-state index contributed by atoms with van der Waals surface area (Å²) in [5.41, 5.74) is 1.83. The number of pyridine rings is 1. The van der Waals surface area contributed by atoms with Crippen molar-refractivity contribution in [2.75, 3.05) is 13.2 Å². The van der Waals surface area contributed by atoms with Crippen LogP contribution in [0.5, 0.6) is 5.88 Å². The van der Waals surface area contributed by atoms with Crippen molar-refractivity contribution in [3.63, 3.8) is 0 Å². The van der Waals surface area contributed by atoms with E-state index in [1.165, 1.54) is 12.1 Å². The molecule has 1 saturated heterocycles. The zero-order valence-electron chi connectivity index (χ0n) is 15.3. The number of piperidine rings is 1.